The zero-order valence-corrected chi connectivity index (χ0v) is 13.4. The van der Waals surface area contributed by atoms with Crippen molar-refractivity contribution in [3.05, 3.63) is 65.9 Å². The van der Waals surface area contributed by atoms with E-state index in [9.17, 15) is 0 Å². The van der Waals surface area contributed by atoms with Gasteiger partial charge in [0.25, 0.3) is 5.89 Å². The van der Waals surface area contributed by atoms with E-state index >= 15 is 0 Å². The van der Waals surface area contributed by atoms with Crippen molar-refractivity contribution in [2.75, 3.05) is 0 Å². The number of H-pyrrole nitrogens is 1. The van der Waals surface area contributed by atoms with E-state index in [0.717, 1.165) is 33.5 Å². The summed E-state index contributed by atoms with van der Waals surface area (Å²) >= 11 is 0. The second-order valence-corrected chi connectivity index (χ2v) is 5.79. The minimum atomic E-state index is 0.540. The van der Waals surface area contributed by atoms with Crippen LogP contribution in [0.25, 0.3) is 34.1 Å². The largest absolute Gasteiger partial charge is 0.334 e. The molecule has 0 fully saturated rings. The summed E-state index contributed by atoms with van der Waals surface area (Å²) in [5.74, 6) is 1.12. The Hall–Kier alpha value is -3.21. The molecule has 1 N–H and O–H groups in total. The number of aromatic amines is 1. The van der Waals surface area contributed by atoms with Gasteiger partial charge in [-0.25, -0.2) is 0 Å². The molecule has 0 unspecified atom stereocenters. The summed E-state index contributed by atoms with van der Waals surface area (Å²) in [6, 6.07) is 16.1. The van der Waals surface area contributed by atoms with Crippen molar-refractivity contribution in [3.63, 3.8) is 0 Å². The first-order valence-corrected chi connectivity index (χ1v) is 7.72. The molecule has 0 aliphatic heterocycles. The fraction of sp³-hybridized carbons (Fsp3) is 0.105. The fourth-order valence-electron chi connectivity index (χ4n) is 2.66. The molecule has 0 amide bonds. The van der Waals surface area contributed by atoms with Crippen LogP contribution in [0.4, 0.5) is 0 Å². The van der Waals surface area contributed by atoms with Gasteiger partial charge in [-0.15, -0.1) is 0 Å². The van der Waals surface area contributed by atoms with Crippen LogP contribution in [-0.2, 0) is 0 Å². The van der Waals surface area contributed by atoms with Crippen molar-refractivity contribution in [2.24, 2.45) is 0 Å². The summed E-state index contributed by atoms with van der Waals surface area (Å²) in [6.07, 6.45) is 1.73. The lowest BCUT2D eigenvalue weighted by atomic mass is 10.1. The minimum Gasteiger partial charge on any atom is -0.334 e. The summed E-state index contributed by atoms with van der Waals surface area (Å²) in [4.78, 5) is 4.57. The zero-order valence-electron chi connectivity index (χ0n) is 13.4. The van der Waals surface area contributed by atoms with Crippen LogP contribution in [-0.4, -0.2) is 20.3 Å². The number of aromatic nitrogens is 4. The molecule has 0 aliphatic carbocycles. The summed E-state index contributed by atoms with van der Waals surface area (Å²) < 4.78 is 5.49. The molecule has 2 aromatic carbocycles. The van der Waals surface area contributed by atoms with E-state index in [2.05, 4.69) is 38.5 Å². The highest BCUT2D eigenvalue weighted by molar-refractivity contribution is 5.69. The van der Waals surface area contributed by atoms with Crippen LogP contribution >= 0.6 is 0 Å². The van der Waals surface area contributed by atoms with E-state index < -0.39 is 0 Å². The van der Waals surface area contributed by atoms with Gasteiger partial charge < -0.3 is 4.52 Å². The van der Waals surface area contributed by atoms with Gasteiger partial charge in [0.05, 0.1) is 5.69 Å². The monoisotopic (exact) mass is 316 g/mol. The van der Waals surface area contributed by atoms with E-state index in [1.165, 1.54) is 0 Å². The normalized spacial score (nSPS) is 10.9. The maximum absolute atomic E-state index is 5.49. The zero-order chi connectivity index (χ0) is 16.5. The van der Waals surface area contributed by atoms with E-state index in [1.54, 1.807) is 6.20 Å². The first kappa shape index (κ1) is 14.4. The number of rotatable bonds is 3. The van der Waals surface area contributed by atoms with Crippen molar-refractivity contribution < 1.29 is 4.52 Å². The number of nitrogens with zero attached hydrogens (tertiary/aromatic N) is 3. The molecule has 24 heavy (non-hydrogen) atoms. The van der Waals surface area contributed by atoms with Crippen molar-refractivity contribution in [1.29, 1.82) is 0 Å². The van der Waals surface area contributed by atoms with Gasteiger partial charge in [0.15, 0.2) is 0 Å². The first-order valence-electron chi connectivity index (χ1n) is 7.72. The van der Waals surface area contributed by atoms with E-state index in [0.29, 0.717) is 11.7 Å². The third-order valence-corrected chi connectivity index (χ3v) is 3.98. The van der Waals surface area contributed by atoms with Gasteiger partial charge in [0.2, 0.25) is 5.82 Å². The van der Waals surface area contributed by atoms with Crippen molar-refractivity contribution >= 4 is 0 Å². The van der Waals surface area contributed by atoms with Crippen molar-refractivity contribution in [3.8, 4) is 34.1 Å². The molecule has 2 aromatic heterocycles. The van der Waals surface area contributed by atoms with Gasteiger partial charge in [-0.05, 0) is 37.6 Å². The highest BCUT2D eigenvalue weighted by Gasteiger charge is 2.13. The van der Waals surface area contributed by atoms with Crippen molar-refractivity contribution in [2.45, 2.75) is 13.8 Å². The number of benzene rings is 2. The van der Waals surface area contributed by atoms with Crippen LogP contribution in [0.3, 0.4) is 0 Å². The second kappa shape index (κ2) is 5.77. The van der Waals surface area contributed by atoms with Crippen LogP contribution in [0, 0.1) is 13.8 Å². The third kappa shape index (κ3) is 2.60. The summed E-state index contributed by atoms with van der Waals surface area (Å²) in [5, 5.41) is 11.1. The van der Waals surface area contributed by atoms with Crippen molar-refractivity contribution in [1.82, 2.24) is 20.3 Å². The van der Waals surface area contributed by atoms with Gasteiger partial charge in [-0.2, -0.15) is 10.1 Å². The minimum absolute atomic E-state index is 0.540. The van der Waals surface area contributed by atoms with Crippen LogP contribution in [0.1, 0.15) is 11.1 Å². The maximum Gasteiger partial charge on any atom is 0.258 e. The van der Waals surface area contributed by atoms with E-state index in [4.69, 9.17) is 4.52 Å². The second-order valence-electron chi connectivity index (χ2n) is 5.79. The molecule has 0 spiro atoms. The highest BCUT2D eigenvalue weighted by atomic mass is 16.5. The Morgan fingerprint density at radius 1 is 0.958 bits per heavy atom. The van der Waals surface area contributed by atoms with Crippen LogP contribution in [0.5, 0.6) is 0 Å². The average molecular weight is 316 g/mol. The van der Waals surface area contributed by atoms with Gasteiger partial charge >= 0.3 is 0 Å². The summed E-state index contributed by atoms with van der Waals surface area (Å²) in [7, 11) is 0. The van der Waals surface area contributed by atoms with Gasteiger partial charge in [-0.3, -0.25) is 5.10 Å². The fourth-order valence-corrected chi connectivity index (χ4v) is 2.66. The molecule has 5 nitrogen and oxygen atoms in total. The molecule has 0 radical (unpaired) electrons. The molecule has 5 heteroatoms. The van der Waals surface area contributed by atoms with Crippen LogP contribution in [0.15, 0.2) is 59.3 Å². The molecular weight excluding hydrogens is 300 g/mol. The average Bonchev–Trinajstić information content (AvgIpc) is 3.29. The Kier molecular flexibility index (Phi) is 3.46. The third-order valence-electron chi connectivity index (χ3n) is 3.98. The van der Waals surface area contributed by atoms with Gasteiger partial charge in [0, 0.05) is 22.9 Å². The van der Waals surface area contributed by atoms with E-state index in [-0.39, 0.29) is 0 Å². The molecular formula is C19H16N4O. The first-order chi connectivity index (χ1) is 11.7. The van der Waals surface area contributed by atoms with Gasteiger partial charge in [-0.1, -0.05) is 41.1 Å². The SMILES string of the molecule is Cc1ccc(C)c(-c2nc(-c3cccc(-c4ccn[nH]4)c3)no2)c1. The predicted octanol–water partition coefficient (Wildman–Crippen LogP) is 4.41. The molecule has 0 aliphatic rings. The Balaban J connectivity index is 1.73. The van der Waals surface area contributed by atoms with Crippen LogP contribution in [0.2, 0.25) is 0 Å². The standard InChI is InChI=1S/C19H16N4O/c1-12-6-7-13(2)16(10-12)19-21-18(23-24-19)15-5-3-4-14(11-15)17-8-9-20-22-17/h3-11H,1-2H3,(H,20,22). The lowest BCUT2D eigenvalue weighted by molar-refractivity contribution is 0.432. The smallest absolute Gasteiger partial charge is 0.258 e. The van der Waals surface area contributed by atoms with Crippen LogP contribution < -0.4 is 0 Å². The highest BCUT2D eigenvalue weighted by Crippen LogP contribution is 2.27. The molecule has 0 saturated carbocycles. The van der Waals surface area contributed by atoms with E-state index in [1.807, 2.05) is 44.2 Å². The lowest BCUT2D eigenvalue weighted by Gasteiger charge is -2.01. The Morgan fingerprint density at radius 3 is 2.67 bits per heavy atom. The number of aryl methyl sites for hydroxylation is 2. The topological polar surface area (TPSA) is 67.6 Å². The lowest BCUT2D eigenvalue weighted by Crippen LogP contribution is -1.86. The van der Waals surface area contributed by atoms with Gasteiger partial charge in [0.1, 0.15) is 0 Å². The molecule has 0 atom stereocenters. The number of nitrogens with one attached hydrogen (secondary N) is 1. The Bertz CT molecular complexity index is 986. The Labute approximate surface area is 139 Å². The molecule has 118 valence electrons. The predicted molar refractivity (Wildman–Crippen MR) is 92.2 cm³/mol. The Morgan fingerprint density at radius 2 is 1.83 bits per heavy atom. The number of hydrogen-bond acceptors (Lipinski definition) is 4. The molecule has 4 rings (SSSR count). The molecule has 0 saturated heterocycles. The summed E-state index contributed by atoms with van der Waals surface area (Å²) in [6.45, 7) is 4.09. The quantitative estimate of drug-likeness (QED) is 0.608. The maximum atomic E-state index is 5.49. The molecule has 4 aromatic rings. The molecule has 2 heterocycles. The summed E-state index contributed by atoms with van der Waals surface area (Å²) in [5.41, 5.74) is 6.14. The number of hydrogen-bond donors (Lipinski definition) is 1. The molecule has 0 bridgehead atoms.